The second kappa shape index (κ2) is 5.73. The maximum absolute atomic E-state index is 5.33. The molecule has 2 heterocycles. The van der Waals surface area contributed by atoms with Gasteiger partial charge in [-0.25, -0.2) is 9.97 Å². The SMILES string of the molecule is CCc1c(NC)ncnc1N(C)Cc1ccoc1C. The summed E-state index contributed by atoms with van der Waals surface area (Å²) in [5.41, 5.74) is 2.31. The van der Waals surface area contributed by atoms with Gasteiger partial charge in [0.25, 0.3) is 0 Å². The molecule has 2 aromatic heterocycles. The molecule has 0 aromatic carbocycles. The van der Waals surface area contributed by atoms with E-state index in [4.69, 9.17) is 4.42 Å². The van der Waals surface area contributed by atoms with E-state index in [1.165, 1.54) is 5.56 Å². The number of anilines is 2. The maximum Gasteiger partial charge on any atom is 0.137 e. The zero-order chi connectivity index (χ0) is 13.8. The van der Waals surface area contributed by atoms with Crippen molar-refractivity contribution >= 4 is 11.6 Å². The fraction of sp³-hybridized carbons (Fsp3) is 0.429. The first-order valence-electron chi connectivity index (χ1n) is 6.43. The van der Waals surface area contributed by atoms with Crippen molar-refractivity contribution in [3.05, 3.63) is 35.5 Å². The molecule has 5 heteroatoms. The number of hydrogen-bond donors (Lipinski definition) is 1. The van der Waals surface area contributed by atoms with Gasteiger partial charge in [0.05, 0.1) is 6.26 Å². The van der Waals surface area contributed by atoms with Gasteiger partial charge < -0.3 is 14.6 Å². The molecule has 0 atom stereocenters. The number of nitrogens with one attached hydrogen (secondary N) is 1. The average molecular weight is 260 g/mol. The predicted octanol–water partition coefficient (Wildman–Crippen LogP) is 2.62. The van der Waals surface area contributed by atoms with Crippen LogP contribution in [0.1, 0.15) is 23.8 Å². The minimum atomic E-state index is 0.773. The Balaban J connectivity index is 2.28. The Bertz CT molecular complexity index is 550. The highest BCUT2D eigenvalue weighted by Gasteiger charge is 2.14. The quantitative estimate of drug-likeness (QED) is 0.895. The second-order valence-corrected chi connectivity index (χ2v) is 4.49. The van der Waals surface area contributed by atoms with E-state index in [1.807, 2.05) is 27.1 Å². The third kappa shape index (κ3) is 2.70. The number of nitrogens with zero attached hydrogens (tertiary/aromatic N) is 3. The standard InChI is InChI=1S/C14H20N4O/c1-5-12-13(15-3)16-9-17-14(12)18(4)8-11-6-7-19-10(11)2/h6-7,9H,5,8H2,1-4H3,(H,15,16,17). The molecule has 102 valence electrons. The van der Waals surface area contributed by atoms with Crippen molar-refractivity contribution in [1.82, 2.24) is 9.97 Å². The molecule has 0 fully saturated rings. The van der Waals surface area contributed by atoms with Crippen molar-refractivity contribution in [3.63, 3.8) is 0 Å². The molecular weight excluding hydrogens is 240 g/mol. The monoisotopic (exact) mass is 260 g/mol. The predicted molar refractivity (Wildman–Crippen MR) is 76.5 cm³/mol. The van der Waals surface area contributed by atoms with Crippen LogP contribution in [0.5, 0.6) is 0 Å². The third-order valence-electron chi connectivity index (χ3n) is 3.25. The number of hydrogen-bond acceptors (Lipinski definition) is 5. The van der Waals surface area contributed by atoms with Crippen LogP contribution in [0, 0.1) is 6.92 Å². The van der Waals surface area contributed by atoms with Gasteiger partial charge in [0, 0.05) is 31.8 Å². The number of furan rings is 1. The summed E-state index contributed by atoms with van der Waals surface area (Å²) in [7, 11) is 3.92. The number of rotatable bonds is 5. The normalized spacial score (nSPS) is 10.5. The van der Waals surface area contributed by atoms with Crippen LogP contribution in [0.25, 0.3) is 0 Å². The maximum atomic E-state index is 5.33. The van der Waals surface area contributed by atoms with E-state index < -0.39 is 0 Å². The van der Waals surface area contributed by atoms with Crippen LogP contribution in [-0.2, 0) is 13.0 Å². The Morgan fingerprint density at radius 3 is 2.74 bits per heavy atom. The van der Waals surface area contributed by atoms with Crippen molar-refractivity contribution < 1.29 is 4.42 Å². The molecule has 2 rings (SSSR count). The summed E-state index contributed by atoms with van der Waals surface area (Å²) >= 11 is 0. The zero-order valence-electron chi connectivity index (χ0n) is 11.9. The molecule has 0 saturated carbocycles. The lowest BCUT2D eigenvalue weighted by Gasteiger charge is -2.21. The van der Waals surface area contributed by atoms with Crippen LogP contribution in [0.2, 0.25) is 0 Å². The largest absolute Gasteiger partial charge is 0.469 e. The van der Waals surface area contributed by atoms with Crippen LogP contribution in [0.15, 0.2) is 23.1 Å². The van der Waals surface area contributed by atoms with Crippen LogP contribution in [-0.4, -0.2) is 24.1 Å². The van der Waals surface area contributed by atoms with Gasteiger partial charge in [0.2, 0.25) is 0 Å². The Morgan fingerprint density at radius 1 is 1.37 bits per heavy atom. The average Bonchev–Trinajstić information content (AvgIpc) is 2.83. The molecule has 0 amide bonds. The van der Waals surface area contributed by atoms with E-state index in [-0.39, 0.29) is 0 Å². The van der Waals surface area contributed by atoms with E-state index in [2.05, 4.69) is 27.1 Å². The highest BCUT2D eigenvalue weighted by molar-refractivity contribution is 5.58. The summed E-state index contributed by atoms with van der Waals surface area (Å²) in [6.07, 6.45) is 4.21. The molecule has 0 aliphatic carbocycles. The minimum Gasteiger partial charge on any atom is -0.469 e. The van der Waals surface area contributed by atoms with E-state index in [0.29, 0.717) is 0 Å². The molecule has 0 radical (unpaired) electrons. The lowest BCUT2D eigenvalue weighted by molar-refractivity contribution is 0.529. The first kappa shape index (κ1) is 13.4. The Labute approximate surface area is 113 Å². The van der Waals surface area contributed by atoms with E-state index >= 15 is 0 Å². The van der Waals surface area contributed by atoms with E-state index in [1.54, 1.807) is 12.6 Å². The second-order valence-electron chi connectivity index (χ2n) is 4.49. The molecule has 0 saturated heterocycles. The van der Waals surface area contributed by atoms with Gasteiger partial charge >= 0.3 is 0 Å². The zero-order valence-corrected chi connectivity index (χ0v) is 11.9. The highest BCUT2D eigenvalue weighted by atomic mass is 16.3. The first-order valence-corrected chi connectivity index (χ1v) is 6.43. The summed E-state index contributed by atoms with van der Waals surface area (Å²) in [4.78, 5) is 10.8. The lowest BCUT2D eigenvalue weighted by atomic mass is 10.2. The van der Waals surface area contributed by atoms with Crippen LogP contribution in [0.3, 0.4) is 0 Å². The molecule has 1 N–H and O–H groups in total. The Kier molecular flexibility index (Phi) is 4.04. The van der Waals surface area contributed by atoms with Crippen molar-refractivity contribution in [2.75, 3.05) is 24.3 Å². The molecule has 0 spiro atoms. The Hall–Kier alpha value is -2.04. The lowest BCUT2D eigenvalue weighted by Crippen LogP contribution is -2.20. The van der Waals surface area contributed by atoms with E-state index in [0.717, 1.165) is 35.9 Å². The van der Waals surface area contributed by atoms with Gasteiger partial charge in [-0.3, -0.25) is 0 Å². The van der Waals surface area contributed by atoms with Crippen LogP contribution in [0.4, 0.5) is 11.6 Å². The van der Waals surface area contributed by atoms with Gasteiger partial charge in [-0.1, -0.05) is 6.92 Å². The fourth-order valence-electron chi connectivity index (χ4n) is 2.18. The smallest absolute Gasteiger partial charge is 0.137 e. The summed E-state index contributed by atoms with van der Waals surface area (Å²) in [6.45, 7) is 4.86. The summed E-state index contributed by atoms with van der Waals surface area (Å²) in [6, 6.07) is 2.00. The molecule has 0 unspecified atom stereocenters. The fourth-order valence-corrected chi connectivity index (χ4v) is 2.18. The summed E-state index contributed by atoms with van der Waals surface area (Å²) in [5, 5.41) is 3.12. The molecule has 5 nitrogen and oxygen atoms in total. The Morgan fingerprint density at radius 2 is 2.16 bits per heavy atom. The van der Waals surface area contributed by atoms with E-state index in [9.17, 15) is 0 Å². The van der Waals surface area contributed by atoms with Crippen molar-refractivity contribution in [2.24, 2.45) is 0 Å². The van der Waals surface area contributed by atoms with Crippen molar-refractivity contribution in [1.29, 1.82) is 0 Å². The van der Waals surface area contributed by atoms with Crippen LogP contribution < -0.4 is 10.2 Å². The van der Waals surface area contributed by atoms with Gasteiger partial charge in [-0.05, 0) is 19.4 Å². The third-order valence-corrected chi connectivity index (χ3v) is 3.25. The molecule has 2 aromatic rings. The van der Waals surface area contributed by atoms with Crippen molar-refractivity contribution in [2.45, 2.75) is 26.8 Å². The van der Waals surface area contributed by atoms with Gasteiger partial charge in [-0.15, -0.1) is 0 Å². The number of aryl methyl sites for hydroxylation is 1. The molecule has 0 aliphatic heterocycles. The van der Waals surface area contributed by atoms with Gasteiger partial charge in [0.15, 0.2) is 0 Å². The summed E-state index contributed by atoms with van der Waals surface area (Å²) in [5.74, 6) is 2.80. The van der Waals surface area contributed by atoms with Gasteiger partial charge in [0.1, 0.15) is 23.7 Å². The van der Waals surface area contributed by atoms with Crippen LogP contribution >= 0.6 is 0 Å². The molecule has 0 bridgehead atoms. The molecule has 19 heavy (non-hydrogen) atoms. The number of aromatic nitrogens is 2. The van der Waals surface area contributed by atoms with Gasteiger partial charge in [-0.2, -0.15) is 0 Å². The molecule has 0 aliphatic rings. The summed E-state index contributed by atoms with van der Waals surface area (Å²) < 4.78 is 5.33. The van der Waals surface area contributed by atoms with Crippen molar-refractivity contribution in [3.8, 4) is 0 Å². The molecular formula is C14H20N4O. The first-order chi connectivity index (χ1) is 9.17. The highest BCUT2D eigenvalue weighted by Crippen LogP contribution is 2.24. The topological polar surface area (TPSA) is 54.2 Å². The minimum absolute atomic E-state index is 0.773.